The number of nitrogens with zero attached hydrogens (tertiary/aromatic N) is 2. The second-order valence-electron chi connectivity index (χ2n) is 8.78. The molecule has 8 heteroatoms. The van der Waals surface area contributed by atoms with Crippen LogP contribution < -0.4 is 15.6 Å². The van der Waals surface area contributed by atoms with Crippen LogP contribution in [0, 0.1) is 13.8 Å². The zero-order valence-electron chi connectivity index (χ0n) is 20.0. The lowest BCUT2D eigenvalue weighted by Gasteiger charge is -2.15. The molecule has 0 saturated carbocycles. The quantitative estimate of drug-likeness (QED) is 0.270. The summed E-state index contributed by atoms with van der Waals surface area (Å²) in [6.07, 6.45) is 4.18. The maximum atomic E-state index is 13.9. The van der Waals surface area contributed by atoms with Crippen molar-refractivity contribution < 1.29 is 9.53 Å². The fraction of sp³-hybridized carbons (Fsp3) is 0.296. The van der Waals surface area contributed by atoms with Crippen LogP contribution in [0.15, 0.2) is 52.4 Å². The van der Waals surface area contributed by atoms with E-state index >= 15 is 0 Å². The first-order valence-corrected chi connectivity index (χ1v) is 13.5. The standard InChI is InChI=1S/C27H27N3O3S2/c1-16-8-13-21(17(2)14-16)30-26(32)24-20-6-4-5-7-22(20)35-25(24)29-27(30)34-15-23(31)28-18-9-11-19(33-3)12-10-18/h8-14H,4-7,15H2,1-3H3,(H,28,31). The summed E-state index contributed by atoms with van der Waals surface area (Å²) in [6.45, 7) is 4.04. The largest absolute Gasteiger partial charge is 0.497 e. The normalized spacial score (nSPS) is 13.0. The van der Waals surface area contributed by atoms with Gasteiger partial charge in [-0.2, -0.15) is 0 Å². The minimum Gasteiger partial charge on any atom is -0.497 e. The molecule has 4 aromatic rings. The van der Waals surface area contributed by atoms with Crippen LogP contribution in [0.2, 0.25) is 0 Å². The number of thioether (sulfide) groups is 1. The van der Waals surface area contributed by atoms with Crippen molar-refractivity contribution >= 4 is 44.9 Å². The number of anilines is 1. The third kappa shape index (κ3) is 4.73. The fourth-order valence-electron chi connectivity index (χ4n) is 4.55. The SMILES string of the molecule is COc1ccc(NC(=O)CSc2nc3sc4c(c3c(=O)n2-c2ccc(C)cc2C)CCCC4)cc1. The number of hydrogen-bond donors (Lipinski definition) is 1. The van der Waals surface area contributed by atoms with Crippen molar-refractivity contribution in [2.24, 2.45) is 0 Å². The summed E-state index contributed by atoms with van der Waals surface area (Å²) in [5, 5.41) is 4.19. The summed E-state index contributed by atoms with van der Waals surface area (Å²) in [4.78, 5) is 33.6. The van der Waals surface area contributed by atoms with Crippen LogP contribution in [0.5, 0.6) is 5.75 Å². The highest BCUT2D eigenvalue weighted by molar-refractivity contribution is 7.99. The maximum Gasteiger partial charge on any atom is 0.267 e. The van der Waals surface area contributed by atoms with Crippen molar-refractivity contribution in [1.29, 1.82) is 0 Å². The first-order valence-electron chi connectivity index (χ1n) is 11.7. The number of carbonyl (C=O) groups is 1. The van der Waals surface area contributed by atoms with Crippen molar-refractivity contribution in [3.05, 3.63) is 74.4 Å². The number of aryl methyl sites for hydroxylation is 4. The lowest BCUT2D eigenvalue weighted by Crippen LogP contribution is -2.24. The van der Waals surface area contributed by atoms with E-state index in [1.165, 1.54) is 22.2 Å². The number of benzene rings is 2. The molecule has 2 aromatic carbocycles. The Morgan fingerprint density at radius 2 is 1.91 bits per heavy atom. The van der Waals surface area contributed by atoms with Crippen molar-refractivity contribution in [2.75, 3.05) is 18.2 Å². The molecule has 0 fully saturated rings. The number of fused-ring (bicyclic) bond motifs is 3. The smallest absolute Gasteiger partial charge is 0.267 e. The van der Waals surface area contributed by atoms with E-state index in [4.69, 9.17) is 9.72 Å². The number of hydrogen-bond acceptors (Lipinski definition) is 6. The van der Waals surface area contributed by atoms with Gasteiger partial charge >= 0.3 is 0 Å². The van der Waals surface area contributed by atoms with Gasteiger partial charge in [-0.3, -0.25) is 14.2 Å². The first kappa shape index (κ1) is 23.6. The summed E-state index contributed by atoms with van der Waals surface area (Å²) in [7, 11) is 1.60. The van der Waals surface area contributed by atoms with Gasteiger partial charge in [-0.15, -0.1) is 11.3 Å². The number of aromatic nitrogens is 2. The van der Waals surface area contributed by atoms with Gasteiger partial charge in [0, 0.05) is 10.6 Å². The van der Waals surface area contributed by atoms with E-state index in [0.29, 0.717) is 10.8 Å². The second kappa shape index (κ2) is 9.87. The second-order valence-corrected chi connectivity index (χ2v) is 10.8. The van der Waals surface area contributed by atoms with E-state index < -0.39 is 0 Å². The summed E-state index contributed by atoms with van der Waals surface area (Å²) in [5.74, 6) is 0.707. The molecule has 2 aromatic heterocycles. The van der Waals surface area contributed by atoms with E-state index in [9.17, 15) is 9.59 Å². The van der Waals surface area contributed by atoms with Crippen LogP contribution in [0.1, 0.15) is 34.4 Å². The number of methoxy groups -OCH3 is 1. The van der Waals surface area contributed by atoms with Gasteiger partial charge in [-0.1, -0.05) is 29.5 Å². The molecule has 5 rings (SSSR count). The van der Waals surface area contributed by atoms with Crippen molar-refractivity contribution in [1.82, 2.24) is 9.55 Å². The molecular weight excluding hydrogens is 478 g/mol. The molecule has 0 bridgehead atoms. The molecule has 180 valence electrons. The molecule has 1 aliphatic carbocycles. The predicted molar refractivity (Wildman–Crippen MR) is 144 cm³/mol. The van der Waals surface area contributed by atoms with E-state index in [1.54, 1.807) is 47.3 Å². The molecule has 0 spiro atoms. The molecule has 0 radical (unpaired) electrons. The number of thiophene rings is 1. The number of carbonyl (C=O) groups excluding carboxylic acids is 1. The van der Waals surface area contributed by atoms with Crippen molar-refractivity contribution in [3.63, 3.8) is 0 Å². The third-order valence-corrected chi connectivity index (χ3v) is 8.38. The molecular formula is C27H27N3O3S2. The lowest BCUT2D eigenvalue weighted by atomic mass is 9.97. The summed E-state index contributed by atoms with van der Waals surface area (Å²) in [6, 6.07) is 13.2. The number of rotatable bonds is 6. The third-order valence-electron chi connectivity index (χ3n) is 6.26. The summed E-state index contributed by atoms with van der Waals surface area (Å²) < 4.78 is 6.87. The molecule has 0 saturated heterocycles. The number of ether oxygens (including phenoxy) is 1. The topological polar surface area (TPSA) is 73.2 Å². The van der Waals surface area contributed by atoms with Crippen LogP contribution in [0.25, 0.3) is 15.9 Å². The van der Waals surface area contributed by atoms with Gasteiger partial charge in [0.2, 0.25) is 5.91 Å². The van der Waals surface area contributed by atoms with E-state index in [2.05, 4.69) is 11.4 Å². The Morgan fingerprint density at radius 3 is 2.66 bits per heavy atom. The molecule has 1 aliphatic rings. The zero-order chi connectivity index (χ0) is 24.5. The molecule has 6 nitrogen and oxygen atoms in total. The number of nitrogens with one attached hydrogen (secondary N) is 1. The highest BCUT2D eigenvalue weighted by Crippen LogP contribution is 2.35. The Hall–Kier alpha value is -3.10. The van der Waals surface area contributed by atoms with Gasteiger partial charge < -0.3 is 10.1 Å². The summed E-state index contributed by atoms with van der Waals surface area (Å²) in [5.41, 5.74) is 4.76. The van der Waals surface area contributed by atoms with Gasteiger partial charge in [0.15, 0.2) is 5.16 Å². The van der Waals surface area contributed by atoms with Gasteiger partial charge in [-0.25, -0.2) is 4.98 Å². The summed E-state index contributed by atoms with van der Waals surface area (Å²) >= 11 is 2.92. The molecule has 2 heterocycles. The molecule has 1 amide bonds. The van der Waals surface area contributed by atoms with Gasteiger partial charge in [0.1, 0.15) is 10.6 Å². The van der Waals surface area contributed by atoms with Crippen LogP contribution in [0.3, 0.4) is 0 Å². The minimum absolute atomic E-state index is 0.0422. The van der Waals surface area contributed by atoms with E-state index in [1.807, 2.05) is 26.0 Å². The van der Waals surface area contributed by atoms with E-state index in [-0.39, 0.29) is 17.2 Å². The Labute approximate surface area is 212 Å². The van der Waals surface area contributed by atoms with Crippen molar-refractivity contribution in [2.45, 2.75) is 44.7 Å². The highest BCUT2D eigenvalue weighted by atomic mass is 32.2. The van der Waals surface area contributed by atoms with E-state index in [0.717, 1.165) is 58.5 Å². The Morgan fingerprint density at radius 1 is 1.14 bits per heavy atom. The molecule has 0 aliphatic heterocycles. The average Bonchev–Trinajstić information content (AvgIpc) is 3.23. The van der Waals surface area contributed by atoms with Gasteiger partial charge in [0.25, 0.3) is 5.56 Å². The number of amides is 1. The van der Waals surface area contributed by atoms with Crippen LogP contribution in [-0.2, 0) is 17.6 Å². The Balaban J connectivity index is 1.51. The molecule has 0 atom stereocenters. The monoisotopic (exact) mass is 505 g/mol. The lowest BCUT2D eigenvalue weighted by molar-refractivity contribution is -0.113. The highest BCUT2D eigenvalue weighted by Gasteiger charge is 2.23. The first-order chi connectivity index (χ1) is 16.9. The predicted octanol–water partition coefficient (Wildman–Crippen LogP) is 5.68. The fourth-order valence-corrected chi connectivity index (χ4v) is 6.66. The molecule has 1 N–H and O–H groups in total. The maximum absolute atomic E-state index is 13.9. The van der Waals surface area contributed by atoms with Crippen LogP contribution in [-0.4, -0.2) is 28.3 Å². The Bertz CT molecular complexity index is 1470. The zero-order valence-corrected chi connectivity index (χ0v) is 21.6. The Kier molecular flexibility index (Phi) is 6.67. The van der Waals surface area contributed by atoms with Gasteiger partial charge in [-0.05, 0) is 81.0 Å². The minimum atomic E-state index is -0.160. The van der Waals surface area contributed by atoms with Gasteiger partial charge in [0.05, 0.1) is 23.9 Å². The molecule has 35 heavy (non-hydrogen) atoms. The van der Waals surface area contributed by atoms with Crippen molar-refractivity contribution in [3.8, 4) is 11.4 Å². The molecule has 0 unspecified atom stereocenters. The van der Waals surface area contributed by atoms with Crippen LogP contribution >= 0.6 is 23.1 Å². The van der Waals surface area contributed by atoms with Crippen LogP contribution in [0.4, 0.5) is 5.69 Å². The average molecular weight is 506 g/mol.